The second-order valence-corrected chi connectivity index (χ2v) is 5.77. The molecule has 0 bridgehead atoms. The van der Waals surface area contributed by atoms with Crippen LogP contribution >= 0.6 is 11.3 Å². The van der Waals surface area contributed by atoms with Crippen LogP contribution in [0.2, 0.25) is 0 Å². The molecule has 0 atom stereocenters. The van der Waals surface area contributed by atoms with Gasteiger partial charge in [-0.05, 0) is 42.1 Å². The maximum absolute atomic E-state index is 12.8. The number of nitrogens with one attached hydrogen (secondary N) is 1. The van der Waals surface area contributed by atoms with Crippen molar-refractivity contribution in [1.29, 1.82) is 0 Å². The Morgan fingerprint density at radius 3 is 2.65 bits per heavy atom. The number of thiophene rings is 1. The molecule has 1 amide bonds. The van der Waals surface area contributed by atoms with Gasteiger partial charge < -0.3 is 5.32 Å². The van der Waals surface area contributed by atoms with E-state index >= 15 is 0 Å². The molecule has 0 fully saturated rings. The molecule has 1 N–H and O–H groups in total. The van der Waals surface area contributed by atoms with Crippen LogP contribution in [0.1, 0.15) is 20.9 Å². The number of amides is 1. The van der Waals surface area contributed by atoms with E-state index < -0.39 is 11.9 Å². The van der Waals surface area contributed by atoms with Crippen LogP contribution in [-0.4, -0.2) is 15.9 Å². The van der Waals surface area contributed by atoms with Crippen LogP contribution in [-0.2, 0) is 6.18 Å². The van der Waals surface area contributed by atoms with Crippen LogP contribution in [0, 0.1) is 6.92 Å². The minimum atomic E-state index is -4.54. The Morgan fingerprint density at radius 1 is 1.22 bits per heavy atom. The average Bonchev–Trinajstić information content (AvgIpc) is 3.00. The first-order valence-corrected chi connectivity index (χ1v) is 7.43. The zero-order valence-electron chi connectivity index (χ0n) is 11.8. The Morgan fingerprint density at radius 2 is 2.00 bits per heavy atom. The first-order valence-electron chi connectivity index (χ1n) is 6.55. The van der Waals surface area contributed by atoms with Crippen molar-refractivity contribution < 1.29 is 18.0 Å². The van der Waals surface area contributed by atoms with Gasteiger partial charge in [-0.3, -0.25) is 4.79 Å². The van der Waals surface area contributed by atoms with Gasteiger partial charge in [0.2, 0.25) is 0 Å². The summed E-state index contributed by atoms with van der Waals surface area (Å²) in [7, 11) is 0. The molecule has 0 aliphatic rings. The van der Waals surface area contributed by atoms with Crippen molar-refractivity contribution in [3.05, 3.63) is 51.8 Å². The number of carbonyl (C=O) groups is 1. The number of aromatic nitrogens is 2. The molecular weight excluding hydrogens is 327 g/mol. The summed E-state index contributed by atoms with van der Waals surface area (Å²) < 4.78 is 38.5. The summed E-state index contributed by atoms with van der Waals surface area (Å²) in [6.07, 6.45) is -4.54. The molecule has 0 saturated carbocycles. The zero-order chi connectivity index (χ0) is 16.6. The van der Waals surface area contributed by atoms with Crippen molar-refractivity contribution in [2.45, 2.75) is 13.1 Å². The zero-order valence-corrected chi connectivity index (χ0v) is 12.6. The molecule has 118 valence electrons. The van der Waals surface area contributed by atoms with Gasteiger partial charge in [-0.2, -0.15) is 13.2 Å². The van der Waals surface area contributed by atoms with Gasteiger partial charge in [-0.15, -0.1) is 11.3 Å². The van der Waals surface area contributed by atoms with E-state index in [1.54, 1.807) is 30.5 Å². The van der Waals surface area contributed by atoms with E-state index in [2.05, 4.69) is 15.3 Å². The fourth-order valence-corrected chi connectivity index (χ4v) is 2.69. The van der Waals surface area contributed by atoms with E-state index in [-0.39, 0.29) is 17.4 Å². The van der Waals surface area contributed by atoms with Crippen molar-refractivity contribution in [2.75, 3.05) is 5.32 Å². The Labute approximate surface area is 133 Å². The second-order valence-electron chi connectivity index (χ2n) is 4.82. The van der Waals surface area contributed by atoms with Gasteiger partial charge in [0.1, 0.15) is 11.5 Å². The lowest BCUT2D eigenvalue weighted by Gasteiger charge is -2.10. The second kappa shape index (κ2) is 5.62. The van der Waals surface area contributed by atoms with E-state index in [1.807, 2.05) is 0 Å². The minimum Gasteiger partial charge on any atom is -0.306 e. The molecule has 3 aromatic heterocycles. The quantitative estimate of drug-likeness (QED) is 0.760. The van der Waals surface area contributed by atoms with Crippen LogP contribution in [0.5, 0.6) is 0 Å². The summed E-state index contributed by atoms with van der Waals surface area (Å²) in [6, 6.07) is 7.48. The third-order valence-corrected chi connectivity index (χ3v) is 4.03. The smallest absolute Gasteiger partial charge is 0.306 e. The Balaban J connectivity index is 1.99. The van der Waals surface area contributed by atoms with Crippen molar-refractivity contribution in [2.24, 2.45) is 0 Å². The summed E-state index contributed by atoms with van der Waals surface area (Å²) in [4.78, 5) is 20.0. The van der Waals surface area contributed by atoms with Gasteiger partial charge >= 0.3 is 6.18 Å². The monoisotopic (exact) mass is 337 g/mol. The number of aryl methyl sites for hydroxylation is 1. The molecule has 3 rings (SSSR count). The lowest BCUT2D eigenvalue weighted by atomic mass is 10.1. The summed E-state index contributed by atoms with van der Waals surface area (Å²) in [5, 5.41) is 4.81. The number of fused-ring (bicyclic) bond motifs is 1. The molecule has 3 heterocycles. The number of pyridine rings is 2. The summed E-state index contributed by atoms with van der Waals surface area (Å²) in [5.74, 6) is -0.210. The maximum Gasteiger partial charge on any atom is 0.433 e. The van der Waals surface area contributed by atoms with Crippen molar-refractivity contribution >= 4 is 34.1 Å². The standard InChI is InChI=1S/C15H10F3N3OS/c1-8-7-11(15(16,17)18)19-13-9(8)4-5-12(20-13)21-14(22)10-3-2-6-23-10/h2-7H,1H3,(H,19,20,21,22). The first-order chi connectivity index (χ1) is 10.8. The number of alkyl halides is 3. The van der Waals surface area contributed by atoms with Gasteiger partial charge in [0.05, 0.1) is 4.88 Å². The molecule has 0 radical (unpaired) electrons. The highest BCUT2D eigenvalue weighted by molar-refractivity contribution is 7.12. The summed E-state index contributed by atoms with van der Waals surface area (Å²) in [5.41, 5.74) is -0.635. The molecule has 0 aromatic carbocycles. The lowest BCUT2D eigenvalue weighted by molar-refractivity contribution is -0.141. The predicted octanol–water partition coefficient (Wildman–Crippen LogP) is 4.27. The van der Waals surface area contributed by atoms with Gasteiger partial charge in [0.15, 0.2) is 5.65 Å². The number of anilines is 1. The number of hydrogen-bond acceptors (Lipinski definition) is 4. The van der Waals surface area contributed by atoms with Crippen LogP contribution < -0.4 is 5.32 Å². The third kappa shape index (κ3) is 3.16. The Hall–Kier alpha value is -2.48. The maximum atomic E-state index is 12.8. The van der Waals surface area contributed by atoms with E-state index in [0.29, 0.717) is 15.8 Å². The topological polar surface area (TPSA) is 54.9 Å². The molecule has 23 heavy (non-hydrogen) atoms. The Kier molecular flexibility index (Phi) is 3.77. The Bertz CT molecular complexity index is 876. The number of rotatable bonds is 2. The number of nitrogens with zero attached hydrogens (tertiary/aromatic N) is 2. The number of hydrogen-bond donors (Lipinski definition) is 1. The molecule has 0 aliphatic heterocycles. The molecule has 3 aromatic rings. The normalized spacial score (nSPS) is 11.7. The fraction of sp³-hybridized carbons (Fsp3) is 0.133. The van der Waals surface area contributed by atoms with Crippen LogP contribution in [0.25, 0.3) is 11.0 Å². The van der Waals surface area contributed by atoms with Gasteiger partial charge in [0.25, 0.3) is 5.91 Å². The predicted molar refractivity (Wildman–Crippen MR) is 81.5 cm³/mol. The SMILES string of the molecule is Cc1cc(C(F)(F)F)nc2nc(NC(=O)c3cccs3)ccc12. The highest BCUT2D eigenvalue weighted by atomic mass is 32.1. The highest BCUT2D eigenvalue weighted by Gasteiger charge is 2.33. The molecule has 0 spiro atoms. The van der Waals surface area contributed by atoms with Crippen LogP contribution in [0.15, 0.2) is 35.7 Å². The first kappa shape index (κ1) is 15.4. The molecule has 8 heteroatoms. The summed E-state index contributed by atoms with van der Waals surface area (Å²) >= 11 is 1.26. The van der Waals surface area contributed by atoms with Gasteiger partial charge in [0, 0.05) is 5.39 Å². The van der Waals surface area contributed by atoms with Gasteiger partial charge in [-0.25, -0.2) is 9.97 Å². The van der Waals surface area contributed by atoms with Gasteiger partial charge in [-0.1, -0.05) is 6.07 Å². The molecule has 0 saturated heterocycles. The molecular formula is C15H10F3N3OS. The minimum absolute atomic E-state index is 0.0543. The van der Waals surface area contributed by atoms with E-state index in [9.17, 15) is 18.0 Å². The number of halogens is 3. The summed E-state index contributed by atoms with van der Waals surface area (Å²) in [6.45, 7) is 1.56. The number of carbonyl (C=O) groups excluding carboxylic acids is 1. The third-order valence-electron chi connectivity index (χ3n) is 3.16. The highest BCUT2D eigenvalue weighted by Crippen LogP contribution is 2.30. The van der Waals surface area contributed by atoms with Crippen LogP contribution in [0.4, 0.5) is 19.0 Å². The van der Waals surface area contributed by atoms with E-state index in [0.717, 1.165) is 6.07 Å². The van der Waals surface area contributed by atoms with Crippen molar-refractivity contribution in [3.63, 3.8) is 0 Å². The van der Waals surface area contributed by atoms with E-state index in [1.165, 1.54) is 17.4 Å². The van der Waals surface area contributed by atoms with Crippen LogP contribution in [0.3, 0.4) is 0 Å². The molecule has 4 nitrogen and oxygen atoms in total. The van der Waals surface area contributed by atoms with Crippen molar-refractivity contribution in [1.82, 2.24) is 9.97 Å². The fourth-order valence-electron chi connectivity index (χ4n) is 2.07. The lowest BCUT2D eigenvalue weighted by Crippen LogP contribution is -2.12. The average molecular weight is 337 g/mol. The molecule has 0 unspecified atom stereocenters. The van der Waals surface area contributed by atoms with E-state index in [4.69, 9.17) is 0 Å². The van der Waals surface area contributed by atoms with Crippen molar-refractivity contribution in [3.8, 4) is 0 Å². The molecule has 0 aliphatic carbocycles. The largest absolute Gasteiger partial charge is 0.433 e.